The highest BCUT2D eigenvalue weighted by molar-refractivity contribution is 7.15. The zero-order valence-electron chi connectivity index (χ0n) is 16.1. The maximum absolute atomic E-state index is 12.5. The molecule has 1 atom stereocenters. The molecule has 0 aliphatic carbocycles. The summed E-state index contributed by atoms with van der Waals surface area (Å²) < 4.78 is 0. The number of hydrogen-bond acceptors (Lipinski definition) is 6. The molecule has 2 N–H and O–H groups in total. The molecule has 1 aliphatic heterocycles. The van der Waals surface area contributed by atoms with Gasteiger partial charge in [0.1, 0.15) is 10.8 Å². The van der Waals surface area contributed by atoms with Crippen LogP contribution in [0.15, 0.2) is 12.1 Å². The van der Waals surface area contributed by atoms with Gasteiger partial charge in [-0.1, -0.05) is 17.4 Å². The van der Waals surface area contributed by atoms with Gasteiger partial charge in [-0.2, -0.15) is 0 Å². The first-order valence-corrected chi connectivity index (χ1v) is 10.1. The molecule has 28 heavy (non-hydrogen) atoms. The van der Waals surface area contributed by atoms with E-state index in [2.05, 4.69) is 45.4 Å². The van der Waals surface area contributed by atoms with Gasteiger partial charge < -0.3 is 10.3 Å². The highest BCUT2D eigenvalue weighted by Crippen LogP contribution is 2.27. The summed E-state index contributed by atoms with van der Waals surface area (Å²) >= 11 is 1.36. The Kier molecular flexibility index (Phi) is 4.84. The second-order valence-corrected chi connectivity index (χ2v) is 8.30. The lowest BCUT2D eigenvalue weighted by atomic mass is 10.1. The average molecular weight is 398 g/mol. The number of anilines is 1. The number of fused-ring (bicyclic) bond motifs is 1. The molecule has 3 heterocycles. The molecule has 1 unspecified atom stereocenters. The van der Waals surface area contributed by atoms with Crippen molar-refractivity contribution in [2.75, 3.05) is 18.0 Å². The van der Waals surface area contributed by atoms with Gasteiger partial charge in [0, 0.05) is 25.9 Å². The number of H-pyrrole nitrogens is 1. The summed E-state index contributed by atoms with van der Waals surface area (Å²) in [4.78, 5) is 34.2. The van der Waals surface area contributed by atoms with E-state index in [1.54, 1.807) is 4.90 Å². The van der Waals surface area contributed by atoms with Crippen molar-refractivity contribution in [3.63, 3.8) is 0 Å². The van der Waals surface area contributed by atoms with Crippen LogP contribution < -0.4 is 10.2 Å². The van der Waals surface area contributed by atoms with Crippen LogP contribution in [-0.4, -0.2) is 45.1 Å². The topological polar surface area (TPSA) is 104 Å². The smallest absolute Gasteiger partial charge is 0.229 e. The van der Waals surface area contributed by atoms with Crippen LogP contribution in [0.4, 0.5) is 5.13 Å². The van der Waals surface area contributed by atoms with E-state index in [-0.39, 0.29) is 24.2 Å². The summed E-state index contributed by atoms with van der Waals surface area (Å²) in [6.07, 6.45) is 0.812. The number of nitrogens with zero attached hydrogens (tertiary/aromatic N) is 4. The molecule has 0 bridgehead atoms. The maximum atomic E-state index is 12.5. The van der Waals surface area contributed by atoms with Crippen molar-refractivity contribution in [3.05, 3.63) is 34.1 Å². The first-order valence-electron chi connectivity index (χ1n) is 9.25. The van der Waals surface area contributed by atoms with Crippen LogP contribution in [0.25, 0.3) is 11.0 Å². The predicted molar refractivity (Wildman–Crippen MR) is 107 cm³/mol. The minimum Gasteiger partial charge on any atom is -0.355 e. The largest absolute Gasteiger partial charge is 0.355 e. The normalized spacial score (nSPS) is 16.9. The minimum atomic E-state index is -0.364. The minimum absolute atomic E-state index is 0.0839. The number of aromatic nitrogens is 4. The van der Waals surface area contributed by atoms with Gasteiger partial charge >= 0.3 is 0 Å². The fourth-order valence-electron chi connectivity index (χ4n) is 3.39. The maximum Gasteiger partial charge on any atom is 0.229 e. The Morgan fingerprint density at radius 1 is 1.32 bits per heavy atom. The van der Waals surface area contributed by atoms with Crippen molar-refractivity contribution in [1.82, 2.24) is 25.5 Å². The van der Waals surface area contributed by atoms with Gasteiger partial charge in [0.2, 0.25) is 16.9 Å². The Bertz CT molecular complexity index is 1060. The third-order valence-corrected chi connectivity index (χ3v) is 5.99. The predicted octanol–water partition coefficient (Wildman–Crippen LogP) is 2.05. The van der Waals surface area contributed by atoms with E-state index in [9.17, 15) is 9.59 Å². The number of aryl methyl sites for hydroxylation is 3. The summed E-state index contributed by atoms with van der Waals surface area (Å²) in [6.45, 7) is 6.79. The van der Waals surface area contributed by atoms with E-state index in [1.807, 2.05) is 13.0 Å². The standard InChI is InChI=1S/C19H22N6O2S/c1-10-4-5-14-17(11(10)2)22-15(21-14)6-7-20-18(27)13-8-16(26)25(9-13)19-24-23-12(3)28-19/h4-5,13H,6-9H2,1-3H3,(H,20,27)(H,21,22). The van der Waals surface area contributed by atoms with Crippen molar-refractivity contribution >= 4 is 39.3 Å². The molecule has 0 radical (unpaired) electrons. The Morgan fingerprint density at radius 2 is 2.14 bits per heavy atom. The molecule has 2 amide bonds. The summed E-state index contributed by atoms with van der Waals surface area (Å²) in [7, 11) is 0. The second-order valence-electron chi connectivity index (χ2n) is 7.14. The number of rotatable bonds is 5. The highest BCUT2D eigenvalue weighted by atomic mass is 32.1. The molecular formula is C19H22N6O2S. The quantitative estimate of drug-likeness (QED) is 0.685. The molecule has 0 saturated carbocycles. The Morgan fingerprint density at radius 3 is 2.89 bits per heavy atom. The van der Waals surface area contributed by atoms with Gasteiger partial charge in [-0.05, 0) is 38.0 Å². The van der Waals surface area contributed by atoms with Crippen LogP contribution in [0.3, 0.4) is 0 Å². The van der Waals surface area contributed by atoms with Gasteiger partial charge in [-0.25, -0.2) is 4.98 Å². The molecule has 1 aliphatic rings. The van der Waals surface area contributed by atoms with Crippen molar-refractivity contribution in [2.24, 2.45) is 5.92 Å². The van der Waals surface area contributed by atoms with Gasteiger partial charge in [-0.3, -0.25) is 14.5 Å². The molecule has 1 saturated heterocycles. The van der Waals surface area contributed by atoms with Crippen molar-refractivity contribution < 1.29 is 9.59 Å². The molecule has 3 aromatic rings. The summed E-state index contributed by atoms with van der Waals surface area (Å²) in [5, 5.41) is 12.2. The number of carbonyl (C=O) groups is 2. The molecule has 1 aromatic carbocycles. The third kappa shape index (κ3) is 3.49. The number of benzene rings is 1. The fraction of sp³-hybridized carbons (Fsp3) is 0.421. The van der Waals surface area contributed by atoms with E-state index < -0.39 is 0 Å². The van der Waals surface area contributed by atoms with E-state index in [0.717, 1.165) is 21.9 Å². The van der Waals surface area contributed by atoms with E-state index in [0.29, 0.717) is 24.6 Å². The van der Waals surface area contributed by atoms with Crippen LogP contribution in [0.5, 0.6) is 0 Å². The highest BCUT2D eigenvalue weighted by Gasteiger charge is 2.36. The number of aromatic amines is 1. The lowest BCUT2D eigenvalue weighted by Crippen LogP contribution is -2.34. The SMILES string of the molecule is Cc1nnc(N2CC(C(=O)NCCc3nc4c(C)c(C)ccc4[nH]3)CC2=O)s1. The first kappa shape index (κ1) is 18.5. The molecule has 0 spiro atoms. The van der Waals surface area contributed by atoms with E-state index >= 15 is 0 Å². The molecule has 2 aromatic heterocycles. The van der Waals surface area contributed by atoms with Gasteiger partial charge in [-0.15, -0.1) is 10.2 Å². The zero-order valence-corrected chi connectivity index (χ0v) is 16.9. The average Bonchev–Trinajstić information content (AvgIpc) is 3.36. The van der Waals surface area contributed by atoms with Crippen LogP contribution in [0.2, 0.25) is 0 Å². The van der Waals surface area contributed by atoms with E-state index in [1.165, 1.54) is 22.5 Å². The molecule has 9 heteroatoms. The number of nitrogens with one attached hydrogen (secondary N) is 2. The summed E-state index contributed by atoms with van der Waals surface area (Å²) in [5.74, 6) is 0.286. The van der Waals surface area contributed by atoms with Crippen LogP contribution in [0, 0.1) is 26.7 Å². The number of hydrogen-bond donors (Lipinski definition) is 2. The Balaban J connectivity index is 1.34. The van der Waals surface area contributed by atoms with Crippen molar-refractivity contribution in [3.8, 4) is 0 Å². The van der Waals surface area contributed by atoms with Gasteiger partial charge in [0.15, 0.2) is 0 Å². The summed E-state index contributed by atoms with van der Waals surface area (Å²) in [6, 6.07) is 4.10. The lowest BCUT2D eigenvalue weighted by Gasteiger charge is -2.12. The van der Waals surface area contributed by atoms with Gasteiger partial charge in [0.25, 0.3) is 0 Å². The monoisotopic (exact) mass is 398 g/mol. The van der Waals surface area contributed by atoms with Gasteiger partial charge in [0.05, 0.1) is 17.0 Å². The van der Waals surface area contributed by atoms with Crippen LogP contribution in [0.1, 0.15) is 28.4 Å². The van der Waals surface area contributed by atoms with E-state index in [4.69, 9.17) is 0 Å². The third-order valence-electron chi connectivity index (χ3n) is 5.13. The lowest BCUT2D eigenvalue weighted by molar-refractivity contribution is -0.126. The molecule has 8 nitrogen and oxygen atoms in total. The molecular weight excluding hydrogens is 376 g/mol. The second kappa shape index (κ2) is 7.31. The number of carbonyl (C=O) groups excluding carboxylic acids is 2. The van der Waals surface area contributed by atoms with Crippen molar-refractivity contribution in [1.29, 1.82) is 0 Å². The fourth-order valence-corrected chi connectivity index (χ4v) is 4.11. The molecule has 146 valence electrons. The molecule has 1 fully saturated rings. The first-order chi connectivity index (χ1) is 13.4. The number of imidazole rings is 1. The molecule has 4 rings (SSSR count). The summed E-state index contributed by atoms with van der Waals surface area (Å²) in [5.41, 5.74) is 4.36. The van der Waals surface area contributed by atoms with Crippen LogP contribution >= 0.6 is 11.3 Å². The van der Waals surface area contributed by atoms with Crippen LogP contribution in [-0.2, 0) is 16.0 Å². The Hall–Kier alpha value is -2.81. The zero-order chi connectivity index (χ0) is 19.8. The Labute approximate surface area is 166 Å². The number of amides is 2. The van der Waals surface area contributed by atoms with Crippen molar-refractivity contribution in [2.45, 2.75) is 33.6 Å².